The van der Waals surface area contributed by atoms with Crippen LogP contribution >= 0.6 is 0 Å². The molecule has 0 aromatic carbocycles. The Morgan fingerprint density at radius 3 is 3.00 bits per heavy atom. The first-order chi connectivity index (χ1) is 5.36. The Labute approximate surface area is 66.8 Å². The molecule has 0 aliphatic heterocycles. The molecule has 0 bridgehead atoms. The summed E-state index contributed by atoms with van der Waals surface area (Å²) < 4.78 is 0. The molecule has 0 aliphatic carbocycles. The third-order valence-corrected chi connectivity index (χ3v) is 1.46. The third kappa shape index (κ3) is 2.08. The van der Waals surface area contributed by atoms with Crippen LogP contribution in [0.3, 0.4) is 0 Å². The van der Waals surface area contributed by atoms with Gasteiger partial charge in [0.2, 0.25) is 0 Å². The van der Waals surface area contributed by atoms with Gasteiger partial charge < -0.3 is 5.73 Å². The van der Waals surface area contributed by atoms with E-state index in [1.165, 1.54) is 6.20 Å². The predicted molar refractivity (Wildman–Crippen MR) is 46.8 cm³/mol. The summed E-state index contributed by atoms with van der Waals surface area (Å²) >= 11 is 0. The maximum atomic E-state index is 5.23. The van der Waals surface area contributed by atoms with Gasteiger partial charge in [-0.25, -0.2) is 0 Å². The summed E-state index contributed by atoms with van der Waals surface area (Å²) in [6.07, 6.45) is 4.26. The van der Waals surface area contributed by atoms with Gasteiger partial charge >= 0.3 is 0 Å². The molecule has 1 heterocycles. The van der Waals surface area contributed by atoms with E-state index in [0.717, 1.165) is 17.8 Å². The summed E-state index contributed by atoms with van der Waals surface area (Å²) in [5.41, 5.74) is 7.25. The Morgan fingerprint density at radius 2 is 2.36 bits per heavy atom. The highest BCUT2D eigenvalue weighted by molar-refractivity contribution is 5.43. The van der Waals surface area contributed by atoms with Crippen molar-refractivity contribution in [2.75, 3.05) is 0 Å². The van der Waals surface area contributed by atoms with E-state index in [-0.39, 0.29) is 0 Å². The molecule has 2 heteroatoms. The van der Waals surface area contributed by atoms with E-state index >= 15 is 0 Å². The lowest BCUT2D eigenvalue weighted by Crippen LogP contribution is -1.89. The first kappa shape index (κ1) is 7.79. The van der Waals surface area contributed by atoms with E-state index in [1.54, 1.807) is 6.08 Å². The van der Waals surface area contributed by atoms with Gasteiger partial charge in [-0.3, -0.25) is 4.98 Å². The van der Waals surface area contributed by atoms with E-state index in [9.17, 15) is 0 Å². The zero-order valence-electron chi connectivity index (χ0n) is 6.62. The number of pyridine rings is 1. The molecule has 0 unspecified atom stereocenters. The van der Waals surface area contributed by atoms with Gasteiger partial charge in [-0.2, -0.15) is 0 Å². The van der Waals surface area contributed by atoms with Gasteiger partial charge in [0.1, 0.15) is 0 Å². The topological polar surface area (TPSA) is 38.9 Å². The maximum absolute atomic E-state index is 5.23. The van der Waals surface area contributed by atoms with Gasteiger partial charge in [0.25, 0.3) is 0 Å². The van der Waals surface area contributed by atoms with Crippen LogP contribution in [0.2, 0.25) is 0 Å². The fourth-order valence-corrected chi connectivity index (χ4v) is 0.886. The van der Waals surface area contributed by atoms with Crippen LogP contribution in [0.1, 0.15) is 18.3 Å². The Bertz CT molecular complexity index is 253. The van der Waals surface area contributed by atoms with Crippen LogP contribution in [0.4, 0.5) is 0 Å². The Morgan fingerprint density at radius 1 is 1.55 bits per heavy atom. The molecule has 0 aliphatic rings. The van der Waals surface area contributed by atoms with Crippen molar-refractivity contribution in [3.8, 4) is 0 Å². The van der Waals surface area contributed by atoms with Crippen molar-refractivity contribution < 1.29 is 0 Å². The zero-order chi connectivity index (χ0) is 8.10. The van der Waals surface area contributed by atoms with Crippen molar-refractivity contribution in [2.24, 2.45) is 5.73 Å². The standard InChI is InChI=1S/C9H12N2/c1-2-8-4-3-5-9(11-8)6-7-10/h3-7H,2,10H2,1H3/b7-6-. The lowest BCUT2D eigenvalue weighted by molar-refractivity contribution is 1.03. The first-order valence-corrected chi connectivity index (χ1v) is 3.71. The fourth-order valence-electron chi connectivity index (χ4n) is 0.886. The number of nitrogens with zero attached hydrogens (tertiary/aromatic N) is 1. The molecule has 2 nitrogen and oxygen atoms in total. The molecule has 0 saturated carbocycles. The van der Waals surface area contributed by atoms with Crippen LogP contribution in [0.5, 0.6) is 0 Å². The van der Waals surface area contributed by atoms with Crippen molar-refractivity contribution in [1.82, 2.24) is 4.98 Å². The highest BCUT2D eigenvalue weighted by Gasteiger charge is 1.90. The quantitative estimate of drug-likeness (QED) is 0.691. The lowest BCUT2D eigenvalue weighted by atomic mass is 10.2. The predicted octanol–water partition coefficient (Wildman–Crippen LogP) is 1.57. The number of rotatable bonds is 2. The van der Waals surface area contributed by atoms with Gasteiger partial charge in [-0.1, -0.05) is 13.0 Å². The second kappa shape index (κ2) is 3.76. The summed E-state index contributed by atoms with van der Waals surface area (Å²) in [7, 11) is 0. The molecule has 0 fully saturated rings. The lowest BCUT2D eigenvalue weighted by Gasteiger charge is -1.95. The molecular formula is C9H12N2. The molecule has 0 radical (unpaired) electrons. The van der Waals surface area contributed by atoms with Crippen molar-refractivity contribution >= 4 is 6.08 Å². The Kier molecular flexibility index (Phi) is 2.66. The van der Waals surface area contributed by atoms with Crippen LogP contribution in [0, 0.1) is 0 Å². The average molecular weight is 148 g/mol. The first-order valence-electron chi connectivity index (χ1n) is 3.71. The molecule has 0 spiro atoms. The van der Waals surface area contributed by atoms with Crippen LogP contribution in [0.15, 0.2) is 24.4 Å². The van der Waals surface area contributed by atoms with E-state index < -0.39 is 0 Å². The molecular weight excluding hydrogens is 136 g/mol. The molecule has 0 atom stereocenters. The van der Waals surface area contributed by atoms with Crippen LogP contribution in [-0.4, -0.2) is 4.98 Å². The molecule has 1 rings (SSSR count). The Hall–Kier alpha value is -1.31. The molecule has 0 amide bonds. The SMILES string of the molecule is CCc1cccc(/C=C\N)n1. The van der Waals surface area contributed by atoms with Gasteiger partial charge in [0.05, 0.1) is 5.69 Å². The summed E-state index contributed by atoms with van der Waals surface area (Å²) in [5.74, 6) is 0. The smallest absolute Gasteiger partial charge is 0.0647 e. The van der Waals surface area contributed by atoms with E-state index in [2.05, 4.69) is 11.9 Å². The molecule has 58 valence electrons. The Balaban J connectivity index is 2.91. The fraction of sp³-hybridized carbons (Fsp3) is 0.222. The minimum atomic E-state index is 0.923. The van der Waals surface area contributed by atoms with Crippen molar-refractivity contribution in [2.45, 2.75) is 13.3 Å². The molecule has 0 saturated heterocycles. The van der Waals surface area contributed by atoms with Crippen LogP contribution in [0.25, 0.3) is 6.08 Å². The summed E-state index contributed by atoms with van der Waals surface area (Å²) in [6.45, 7) is 2.08. The number of aromatic nitrogens is 1. The highest BCUT2D eigenvalue weighted by atomic mass is 14.7. The van der Waals surface area contributed by atoms with E-state index in [1.807, 2.05) is 18.2 Å². The number of nitrogens with two attached hydrogens (primary N) is 1. The number of hydrogen-bond donors (Lipinski definition) is 1. The van der Waals surface area contributed by atoms with Crippen molar-refractivity contribution in [1.29, 1.82) is 0 Å². The maximum Gasteiger partial charge on any atom is 0.0647 e. The molecule has 2 N–H and O–H groups in total. The molecule has 11 heavy (non-hydrogen) atoms. The summed E-state index contributed by atoms with van der Waals surface area (Å²) in [6, 6.07) is 5.93. The number of aryl methyl sites for hydroxylation is 1. The normalized spacial score (nSPS) is 10.6. The number of hydrogen-bond acceptors (Lipinski definition) is 2. The summed E-state index contributed by atoms with van der Waals surface area (Å²) in [5, 5.41) is 0. The van der Waals surface area contributed by atoms with Gasteiger partial charge in [-0.15, -0.1) is 0 Å². The second-order valence-corrected chi connectivity index (χ2v) is 2.27. The van der Waals surface area contributed by atoms with Crippen LogP contribution in [-0.2, 0) is 6.42 Å². The zero-order valence-corrected chi connectivity index (χ0v) is 6.62. The van der Waals surface area contributed by atoms with Crippen molar-refractivity contribution in [3.63, 3.8) is 0 Å². The summed E-state index contributed by atoms with van der Waals surface area (Å²) in [4.78, 5) is 4.31. The minimum absolute atomic E-state index is 0.923. The molecule has 1 aromatic heterocycles. The average Bonchev–Trinajstić information content (AvgIpc) is 2.06. The van der Waals surface area contributed by atoms with E-state index in [4.69, 9.17) is 5.73 Å². The highest BCUT2D eigenvalue weighted by Crippen LogP contribution is 2.00. The van der Waals surface area contributed by atoms with Crippen LogP contribution < -0.4 is 5.73 Å². The van der Waals surface area contributed by atoms with E-state index in [0.29, 0.717) is 0 Å². The van der Waals surface area contributed by atoms with Crippen molar-refractivity contribution in [3.05, 3.63) is 35.8 Å². The van der Waals surface area contributed by atoms with Gasteiger partial charge in [0, 0.05) is 5.69 Å². The molecule has 1 aromatic rings. The third-order valence-electron chi connectivity index (χ3n) is 1.46. The minimum Gasteiger partial charge on any atom is -0.405 e. The second-order valence-electron chi connectivity index (χ2n) is 2.27. The monoisotopic (exact) mass is 148 g/mol. The largest absolute Gasteiger partial charge is 0.405 e. The van der Waals surface area contributed by atoms with Gasteiger partial charge in [0.15, 0.2) is 0 Å². The van der Waals surface area contributed by atoms with Gasteiger partial charge in [-0.05, 0) is 30.8 Å².